The van der Waals surface area contributed by atoms with Crippen LogP contribution in [-0.2, 0) is 10.2 Å². The maximum Gasteiger partial charge on any atom is 0.239 e. The van der Waals surface area contributed by atoms with Crippen LogP contribution in [0.3, 0.4) is 0 Å². The number of amides is 1. The predicted molar refractivity (Wildman–Crippen MR) is 107 cm³/mol. The van der Waals surface area contributed by atoms with Crippen molar-refractivity contribution in [1.82, 2.24) is 0 Å². The van der Waals surface area contributed by atoms with Crippen LogP contribution in [0.4, 0.5) is 5.69 Å². The number of carbonyl (C=O) groups is 1. The van der Waals surface area contributed by atoms with Gasteiger partial charge in [0.2, 0.25) is 5.91 Å². The summed E-state index contributed by atoms with van der Waals surface area (Å²) in [7, 11) is 1.68. The van der Waals surface area contributed by atoms with Gasteiger partial charge in [-0.15, -0.1) is 0 Å². The van der Waals surface area contributed by atoms with Crippen molar-refractivity contribution in [2.24, 2.45) is 5.92 Å². The number of fused-ring (bicyclic) bond motifs is 1. The highest BCUT2D eigenvalue weighted by Crippen LogP contribution is 2.54. The lowest BCUT2D eigenvalue weighted by Gasteiger charge is -2.39. The number of anilines is 1. The zero-order valence-corrected chi connectivity index (χ0v) is 16.3. The Morgan fingerprint density at radius 3 is 2.37 bits per heavy atom. The van der Waals surface area contributed by atoms with Crippen LogP contribution < -0.4 is 10.1 Å². The van der Waals surface area contributed by atoms with E-state index in [-0.39, 0.29) is 17.6 Å². The fourth-order valence-electron chi connectivity index (χ4n) is 5.09. The van der Waals surface area contributed by atoms with E-state index in [1.807, 2.05) is 26.0 Å². The summed E-state index contributed by atoms with van der Waals surface area (Å²) < 4.78 is 5.64. The van der Waals surface area contributed by atoms with E-state index >= 15 is 0 Å². The van der Waals surface area contributed by atoms with Crippen molar-refractivity contribution in [2.75, 3.05) is 12.4 Å². The summed E-state index contributed by atoms with van der Waals surface area (Å²) in [6.45, 7) is 4.08. The quantitative estimate of drug-likeness (QED) is 0.818. The molecule has 0 aromatic heterocycles. The third-order valence-electron chi connectivity index (χ3n) is 6.63. The lowest BCUT2D eigenvalue weighted by molar-refractivity contribution is -0.121. The van der Waals surface area contributed by atoms with Gasteiger partial charge in [0, 0.05) is 5.69 Å². The molecular weight excluding hydrogens is 338 g/mol. The predicted octanol–water partition coefficient (Wildman–Crippen LogP) is 4.84. The molecule has 1 fully saturated rings. The number of hydrogen-bond acceptors (Lipinski definition) is 3. The molecule has 27 heavy (non-hydrogen) atoms. The second-order valence-corrected chi connectivity index (χ2v) is 7.90. The fraction of sp³-hybridized carbons (Fsp3) is 0.435. The molecule has 0 bridgehead atoms. The van der Waals surface area contributed by atoms with Crippen molar-refractivity contribution in [3.05, 3.63) is 52.6 Å². The maximum absolute atomic E-state index is 13.6. The first-order chi connectivity index (χ1) is 13.0. The number of hydrogen-bond donors (Lipinski definition) is 2. The minimum atomic E-state index is -0.727. The number of carbonyl (C=O) groups excluding carboxylic acids is 1. The van der Waals surface area contributed by atoms with E-state index in [2.05, 4.69) is 11.4 Å². The summed E-state index contributed by atoms with van der Waals surface area (Å²) in [5.74, 6) is 1.32. The molecule has 0 radical (unpaired) electrons. The van der Waals surface area contributed by atoms with Crippen LogP contribution in [0.1, 0.15) is 54.4 Å². The molecule has 1 amide bonds. The minimum Gasteiger partial charge on any atom is -0.508 e. The molecular formula is C23H27NO3. The van der Waals surface area contributed by atoms with E-state index in [0.29, 0.717) is 0 Å². The van der Waals surface area contributed by atoms with Crippen molar-refractivity contribution < 1.29 is 14.6 Å². The van der Waals surface area contributed by atoms with Crippen LogP contribution in [0.25, 0.3) is 0 Å². The number of nitrogens with one attached hydrogen (secondary N) is 1. The first kappa shape index (κ1) is 17.9. The standard InChI is InChI=1S/C23H27NO3/c1-14-15(2)21-19(13-20(14)27-3)23(22(26)24-21,16-7-5-4-6-8-16)17-9-11-18(25)12-10-17/h9-13,16,25H,4-8H2,1-3H3,(H,24,26). The van der Waals surface area contributed by atoms with Crippen LogP contribution in [0, 0.1) is 19.8 Å². The number of aromatic hydroxyl groups is 1. The Hall–Kier alpha value is -2.49. The average Bonchev–Trinajstić information content (AvgIpc) is 2.99. The topological polar surface area (TPSA) is 58.6 Å². The van der Waals surface area contributed by atoms with Crippen molar-refractivity contribution in [1.29, 1.82) is 0 Å². The van der Waals surface area contributed by atoms with Gasteiger partial charge in [-0.25, -0.2) is 0 Å². The van der Waals surface area contributed by atoms with Crippen molar-refractivity contribution >= 4 is 11.6 Å². The number of rotatable bonds is 3. The largest absolute Gasteiger partial charge is 0.508 e. The van der Waals surface area contributed by atoms with Gasteiger partial charge in [0.1, 0.15) is 16.9 Å². The summed E-state index contributed by atoms with van der Waals surface area (Å²) in [6, 6.07) is 9.23. The van der Waals surface area contributed by atoms with Gasteiger partial charge in [0.05, 0.1) is 7.11 Å². The van der Waals surface area contributed by atoms with E-state index in [0.717, 1.165) is 59.4 Å². The average molecular weight is 365 g/mol. The van der Waals surface area contributed by atoms with Gasteiger partial charge < -0.3 is 15.2 Å². The zero-order chi connectivity index (χ0) is 19.2. The van der Waals surface area contributed by atoms with Gasteiger partial charge in [-0.3, -0.25) is 4.79 Å². The molecule has 1 atom stereocenters. The number of benzene rings is 2. The smallest absolute Gasteiger partial charge is 0.239 e. The second-order valence-electron chi connectivity index (χ2n) is 7.90. The molecule has 1 saturated carbocycles. The second kappa shape index (κ2) is 6.59. The summed E-state index contributed by atoms with van der Waals surface area (Å²) in [5.41, 5.74) is 4.29. The Labute approximate surface area is 160 Å². The third-order valence-corrected chi connectivity index (χ3v) is 6.63. The molecule has 4 nitrogen and oxygen atoms in total. The van der Waals surface area contributed by atoms with Crippen molar-refractivity contribution in [3.8, 4) is 11.5 Å². The van der Waals surface area contributed by atoms with Crippen LogP contribution in [0.5, 0.6) is 11.5 Å². The van der Waals surface area contributed by atoms with E-state index < -0.39 is 5.41 Å². The molecule has 2 N–H and O–H groups in total. The third kappa shape index (κ3) is 2.53. The van der Waals surface area contributed by atoms with E-state index in [9.17, 15) is 9.90 Å². The van der Waals surface area contributed by atoms with Gasteiger partial charge >= 0.3 is 0 Å². The van der Waals surface area contributed by atoms with Gasteiger partial charge in [-0.05, 0) is 73.1 Å². The number of methoxy groups -OCH3 is 1. The van der Waals surface area contributed by atoms with Crippen molar-refractivity contribution in [3.63, 3.8) is 0 Å². The lowest BCUT2D eigenvalue weighted by Crippen LogP contribution is -2.43. The first-order valence-electron chi connectivity index (χ1n) is 9.79. The summed E-state index contributed by atoms with van der Waals surface area (Å²) >= 11 is 0. The minimum absolute atomic E-state index is 0.0471. The zero-order valence-electron chi connectivity index (χ0n) is 16.3. The highest BCUT2D eigenvalue weighted by Gasteiger charge is 2.54. The van der Waals surface area contributed by atoms with Gasteiger partial charge in [-0.1, -0.05) is 31.4 Å². The van der Waals surface area contributed by atoms with Crippen LogP contribution >= 0.6 is 0 Å². The molecule has 1 unspecified atom stereocenters. The number of ether oxygens (including phenoxy) is 1. The van der Waals surface area contributed by atoms with E-state index in [4.69, 9.17) is 4.74 Å². The van der Waals surface area contributed by atoms with Crippen molar-refractivity contribution in [2.45, 2.75) is 51.4 Å². The van der Waals surface area contributed by atoms with Gasteiger partial charge in [0.15, 0.2) is 0 Å². The van der Waals surface area contributed by atoms with E-state index in [1.54, 1.807) is 19.2 Å². The van der Waals surface area contributed by atoms with E-state index in [1.165, 1.54) is 6.42 Å². The van der Waals surface area contributed by atoms with Crippen LogP contribution in [-0.4, -0.2) is 18.1 Å². The molecule has 2 aromatic rings. The first-order valence-corrected chi connectivity index (χ1v) is 9.79. The summed E-state index contributed by atoms with van der Waals surface area (Å²) in [4.78, 5) is 13.6. The van der Waals surface area contributed by atoms with Crippen LogP contribution in [0.2, 0.25) is 0 Å². The molecule has 4 heteroatoms. The molecule has 2 aromatic carbocycles. The Bertz CT molecular complexity index is 881. The summed E-state index contributed by atoms with van der Waals surface area (Å²) in [5, 5.41) is 13.0. The molecule has 2 aliphatic rings. The Morgan fingerprint density at radius 1 is 1.07 bits per heavy atom. The fourth-order valence-corrected chi connectivity index (χ4v) is 5.09. The molecule has 1 heterocycles. The Kier molecular flexibility index (Phi) is 4.37. The van der Waals surface area contributed by atoms with Crippen LogP contribution in [0.15, 0.2) is 30.3 Å². The van der Waals surface area contributed by atoms with Gasteiger partial charge in [0.25, 0.3) is 0 Å². The molecule has 4 rings (SSSR count). The number of phenolic OH excluding ortho intramolecular Hbond substituents is 1. The summed E-state index contributed by atoms with van der Waals surface area (Å²) in [6.07, 6.45) is 5.59. The molecule has 0 spiro atoms. The molecule has 1 aliphatic heterocycles. The Balaban J connectivity index is 2.01. The number of phenols is 1. The normalized spacial score (nSPS) is 22.4. The maximum atomic E-state index is 13.6. The highest BCUT2D eigenvalue weighted by molar-refractivity contribution is 6.10. The van der Waals surface area contributed by atoms with Gasteiger partial charge in [-0.2, -0.15) is 0 Å². The highest BCUT2D eigenvalue weighted by atomic mass is 16.5. The molecule has 0 saturated heterocycles. The molecule has 1 aliphatic carbocycles. The monoisotopic (exact) mass is 365 g/mol. The SMILES string of the molecule is COc1cc2c(c(C)c1C)NC(=O)C2(c1ccc(O)cc1)C1CCCCC1. The lowest BCUT2D eigenvalue weighted by atomic mass is 9.62. The Morgan fingerprint density at radius 2 is 1.74 bits per heavy atom. The molecule has 142 valence electrons.